The molecule has 2 rings (SSSR count). The first-order valence-corrected chi connectivity index (χ1v) is 21.7. The molecule has 2 aliphatic rings. The lowest BCUT2D eigenvalue weighted by molar-refractivity contribution is -0.303. The molecule has 0 aromatic rings. The number of aliphatic hydroxyl groups is 4. The van der Waals surface area contributed by atoms with Gasteiger partial charge in [-0.25, -0.2) is 4.79 Å². The molecule has 1 heterocycles. The molecular formula is C48H70N4O11. The van der Waals surface area contributed by atoms with Gasteiger partial charge in [-0.15, -0.1) is 0 Å². The van der Waals surface area contributed by atoms with Crippen LogP contribution in [-0.4, -0.2) is 105 Å². The molecule has 15 nitrogen and oxygen atoms in total. The number of aliphatic hydroxyl groups excluding tert-OH is 4. The average molecular weight is 879 g/mol. The van der Waals surface area contributed by atoms with Crippen LogP contribution < -0.4 is 16.0 Å². The summed E-state index contributed by atoms with van der Waals surface area (Å²) in [6, 6.07) is 0. The van der Waals surface area contributed by atoms with Crippen LogP contribution in [0.4, 0.5) is 0 Å². The highest BCUT2D eigenvalue weighted by molar-refractivity contribution is 6.04. The van der Waals surface area contributed by atoms with E-state index in [0.717, 1.165) is 44.1 Å². The number of carbonyl (C=O) groups excluding carboxylic acids is 3. The fourth-order valence-electron chi connectivity index (χ4n) is 6.68. The fourth-order valence-corrected chi connectivity index (χ4v) is 6.68. The number of nitrogens with zero attached hydrogens (tertiary/aromatic N) is 1. The Bertz CT molecular complexity index is 1820. The van der Waals surface area contributed by atoms with Gasteiger partial charge in [0, 0.05) is 44.8 Å². The summed E-state index contributed by atoms with van der Waals surface area (Å²) >= 11 is 0. The van der Waals surface area contributed by atoms with Crippen LogP contribution in [0.5, 0.6) is 0 Å². The average Bonchev–Trinajstić information content (AvgIpc) is 3.55. The molecule has 63 heavy (non-hydrogen) atoms. The Balaban J connectivity index is 1.98. The Kier molecular flexibility index (Phi) is 25.0. The van der Waals surface area contributed by atoms with Crippen LogP contribution in [0.15, 0.2) is 113 Å². The van der Waals surface area contributed by atoms with E-state index in [4.69, 9.17) is 9.47 Å². The molecule has 2 amide bonds. The Hall–Kier alpha value is -5.19. The van der Waals surface area contributed by atoms with Crippen molar-refractivity contribution in [3.63, 3.8) is 0 Å². The third-order valence-corrected chi connectivity index (χ3v) is 10.3. The predicted octanol–water partition coefficient (Wildman–Crippen LogP) is 5.70. The molecule has 348 valence electrons. The standard InChI is InChI=1S/C48H70N4O11/c1-31(22-16-13-14-21-29-50-48(49-7)51-36(6)53)23-17-15-18-24-32(2)30-35(5)43(62-47-42(58)40(56)41(57)44(63-47)46(60)61)33(3)25-19-11-9-8-10-12-20-26-34(4)45(59)52-39-37(54)27-28-38(39)55/h8-13,16-17,19-20,23,25-26,30-33,40-44,47,54,56-58H,14-15,18,21-22,24,27-29H2,1-7H3,(H,52,59)(H,60,61)(H2,49,50,51,53). The monoisotopic (exact) mass is 879 g/mol. The van der Waals surface area contributed by atoms with E-state index in [1.807, 2.05) is 26.0 Å². The summed E-state index contributed by atoms with van der Waals surface area (Å²) in [6.45, 7) is 11.8. The number of aliphatic carboxylic acids is 1. The van der Waals surface area contributed by atoms with Crippen molar-refractivity contribution in [3.8, 4) is 0 Å². The summed E-state index contributed by atoms with van der Waals surface area (Å²) in [7, 11) is 1.72. The van der Waals surface area contributed by atoms with E-state index >= 15 is 0 Å². The number of carbonyl (C=O) groups is 4. The molecule has 0 saturated carbocycles. The lowest BCUT2D eigenvalue weighted by Crippen LogP contribution is -2.61. The molecule has 8 N–H and O–H groups in total. The summed E-state index contributed by atoms with van der Waals surface area (Å²) in [5.74, 6) is -1.88. The summed E-state index contributed by atoms with van der Waals surface area (Å²) < 4.78 is 11.7. The number of nitrogens with one attached hydrogen (secondary N) is 3. The van der Waals surface area contributed by atoms with Gasteiger partial charge in [-0.1, -0.05) is 106 Å². The quantitative estimate of drug-likeness (QED) is 0.0145. The van der Waals surface area contributed by atoms with Gasteiger partial charge in [-0.2, -0.15) is 4.99 Å². The Morgan fingerprint density at radius 2 is 1.52 bits per heavy atom. The first kappa shape index (κ1) is 53.9. The Labute approximate surface area is 372 Å². The third kappa shape index (κ3) is 20.2. The molecule has 1 aliphatic carbocycles. The minimum atomic E-state index is -1.83. The van der Waals surface area contributed by atoms with E-state index in [2.05, 4.69) is 65.2 Å². The number of Topliss-reactive ketones (excluding diaryl/α,β-unsaturated/α-hetero) is 1. The molecule has 1 saturated heterocycles. The Morgan fingerprint density at radius 1 is 0.857 bits per heavy atom. The number of amides is 2. The van der Waals surface area contributed by atoms with Crippen molar-refractivity contribution in [1.82, 2.24) is 16.0 Å². The van der Waals surface area contributed by atoms with Gasteiger partial charge >= 0.3 is 5.97 Å². The van der Waals surface area contributed by atoms with Crippen LogP contribution in [0, 0.1) is 17.8 Å². The molecule has 15 heteroatoms. The van der Waals surface area contributed by atoms with Crippen molar-refractivity contribution >= 4 is 29.5 Å². The van der Waals surface area contributed by atoms with Gasteiger partial charge in [-0.3, -0.25) is 14.4 Å². The molecule has 9 unspecified atom stereocenters. The van der Waals surface area contributed by atoms with Crippen molar-refractivity contribution in [3.05, 3.63) is 108 Å². The maximum Gasteiger partial charge on any atom is 0.335 e. The van der Waals surface area contributed by atoms with Crippen molar-refractivity contribution in [2.24, 2.45) is 22.7 Å². The summed E-state index contributed by atoms with van der Waals surface area (Å²) in [5.41, 5.74) is 1.14. The summed E-state index contributed by atoms with van der Waals surface area (Å²) in [5, 5.41) is 59.2. The van der Waals surface area contributed by atoms with E-state index in [1.54, 1.807) is 56.5 Å². The topological polar surface area (TPSA) is 236 Å². The smallest absolute Gasteiger partial charge is 0.335 e. The van der Waals surface area contributed by atoms with E-state index in [0.29, 0.717) is 24.0 Å². The molecule has 9 atom stereocenters. The number of unbranched alkanes of at least 4 members (excludes halogenated alkanes) is 2. The molecule has 0 aromatic heterocycles. The number of ether oxygens (including phenoxy) is 2. The highest BCUT2D eigenvalue weighted by Crippen LogP contribution is 2.29. The number of allylic oxidation sites excluding steroid dienone is 15. The number of carboxylic acid groups (broad SMARTS) is 1. The fraction of sp³-hybridized carbons (Fsp3) is 0.521. The van der Waals surface area contributed by atoms with Crippen molar-refractivity contribution in [1.29, 1.82) is 0 Å². The van der Waals surface area contributed by atoms with Crippen LogP contribution in [0.1, 0.15) is 92.9 Å². The number of ketones is 1. The van der Waals surface area contributed by atoms with Crippen LogP contribution in [0.2, 0.25) is 0 Å². The van der Waals surface area contributed by atoms with Crippen LogP contribution in [-0.2, 0) is 28.7 Å². The second-order valence-electron chi connectivity index (χ2n) is 16.0. The minimum Gasteiger partial charge on any atom is -0.510 e. The number of carboxylic acids is 1. The second kappa shape index (κ2) is 29.2. The zero-order chi connectivity index (χ0) is 46.9. The third-order valence-electron chi connectivity index (χ3n) is 10.3. The first-order valence-electron chi connectivity index (χ1n) is 21.7. The van der Waals surface area contributed by atoms with Crippen LogP contribution >= 0.6 is 0 Å². The van der Waals surface area contributed by atoms with Gasteiger partial charge in [0.25, 0.3) is 5.91 Å². The predicted molar refractivity (Wildman–Crippen MR) is 244 cm³/mol. The molecular weight excluding hydrogens is 809 g/mol. The molecule has 1 fully saturated rings. The molecule has 1 aliphatic heterocycles. The SMILES string of the molecule is CNC(=NC(C)=O)NCCCC=CCC(C)C=CCCCC(C)C=C(C)C(OC1OC(C(=O)O)C(O)C(O)C1O)C(C)C=CC=CC=CC=CC=C(C)C(=O)NC1=C(O)CCC1=O. The highest BCUT2D eigenvalue weighted by atomic mass is 16.7. The number of hydrogen-bond acceptors (Lipinski definition) is 10. The van der Waals surface area contributed by atoms with Crippen LogP contribution in [0.25, 0.3) is 0 Å². The molecule has 0 aromatic carbocycles. The van der Waals surface area contributed by atoms with Crippen molar-refractivity contribution < 1.29 is 54.2 Å². The van der Waals surface area contributed by atoms with Gasteiger partial charge in [0.05, 0.1) is 6.10 Å². The van der Waals surface area contributed by atoms with Gasteiger partial charge in [0.15, 0.2) is 24.1 Å². The number of aliphatic imine (C=N–C) groups is 1. The Morgan fingerprint density at radius 3 is 2.16 bits per heavy atom. The van der Waals surface area contributed by atoms with Crippen LogP contribution in [0.3, 0.4) is 0 Å². The van der Waals surface area contributed by atoms with E-state index in [1.165, 1.54) is 6.92 Å². The minimum absolute atomic E-state index is 0.0454. The van der Waals surface area contributed by atoms with Gasteiger partial charge in [-0.05, 0) is 69.8 Å². The van der Waals surface area contributed by atoms with Gasteiger partial charge in [0.2, 0.25) is 5.91 Å². The first-order chi connectivity index (χ1) is 30.0. The van der Waals surface area contributed by atoms with Gasteiger partial charge < -0.3 is 51.0 Å². The number of hydrogen-bond donors (Lipinski definition) is 8. The van der Waals surface area contributed by atoms with Crippen molar-refractivity contribution in [2.75, 3.05) is 13.6 Å². The number of guanidine groups is 1. The van der Waals surface area contributed by atoms with E-state index < -0.39 is 48.7 Å². The van der Waals surface area contributed by atoms with Gasteiger partial charge in [0.1, 0.15) is 29.8 Å². The lowest BCUT2D eigenvalue weighted by atomic mass is 9.92. The summed E-state index contributed by atoms with van der Waals surface area (Å²) in [6.07, 6.45) is 23.4. The molecule has 0 spiro atoms. The zero-order valence-electron chi connectivity index (χ0n) is 37.8. The van der Waals surface area contributed by atoms with E-state index in [9.17, 15) is 44.7 Å². The van der Waals surface area contributed by atoms with E-state index in [-0.39, 0.29) is 47.8 Å². The highest BCUT2D eigenvalue weighted by Gasteiger charge is 2.48. The zero-order valence-corrected chi connectivity index (χ0v) is 37.8. The van der Waals surface area contributed by atoms with Crippen molar-refractivity contribution in [2.45, 2.75) is 130 Å². The second-order valence-corrected chi connectivity index (χ2v) is 16.0. The summed E-state index contributed by atoms with van der Waals surface area (Å²) in [4.78, 5) is 50.9. The normalized spacial score (nSPS) is 23.8. The maximum atomic E-state index is 12.3. The molecule has 0 radical (unpaired) electrons. The lowest BCUT2D eigenvalue weighted by Gasteiger charge is -2.40. The maximum absolute atomic E-state index is 12.3. The molecule has 0 bridgehead atoms. The number of rotatable bonds is 24. The largest absolute Gasteiger partial charge is 0.510 e.